The predicted octanol–water partition coefficient (Wildman–Crippen LogP) is 8.26. The SMILES string of the molecule is CCC1=C(C)C2=NC1=CC1=NC(=CC3=NC(=CC4=CC(=C2O)NN4Cc2ccccc2)C(C)=C3CC)C(CC)=C1CC. The molecule has 0 aromatic heterocycles. The van der Waals surface area contributed by atoms with Crippen molar-refractivity contribution in [3.05, 3.63) is 128 Å². The molecule has 0 atom stereocenters. The van der Waals surface area contributed by atoms with Gasteiger partial charge in [-0.05, 0) is 103 Å². The maximum atomic E-state index is 11.7. The molecule has 5 heterocycles. The molecule has 0 spiro atoms. The van der Waals surface area contributed by atoms with Crippen LogP contribution in [0.3, 0.4) is 0 Å². The summed E-state index contributed by atoms with van der Waals surface area (Å²) in [5, 5.41) is 13.8. The van der Waals surface area contributed by atoms with Crippen molar-refractivity contribution in [2.45, 2.75) is 73.8 Å². The van der Waals surface area contributed by atoms with Gasteiger partial charge in [-0.3, -0.25) is 10.4 Å². The summed E-state index contributed by atoms with van der Waals surface area (Å²) < 4.78 is 0. The smallest absolute Gasteiger partial charge is 0.166 e. The number of aliphatic hydroxyl groups excluding tert-OH is 1. The van der Waals surface area contributed by atoms with Crippen molar-refractivity contribution in [1.29, 1.82) is 0 Å². The van der Waals surface area contributed by atoms with Gasteiger partial charge in [-0.1, -0.05) is 58.0 Å². The minimum absolute atomic E-state index is 0.145. The zero-order valence-electron chi connectivity index (χ0n) is 25.5. The van der Waals surface area contributed by atoms with E-state index < -0.39 is 0 Å². The molecule has 0 fully saturated rings. The van der Waals surface area contributed by atoms with Crippen LogP contribution in [-0.4, -0.2) is 27.3 Å². The molecule has 214 valence electrons. The van der Waals surface area contributed by atoms with Crippen molar-refractivity contribution in [3.8, 4) is 0 Å². The van der Waals surface area contributed by atoms with E-state index in [0.717, 1.165) is 76.6 Å². The summed E-state index contributed by atoms with van der Waals surface area (Å²) in [4.78, 5) is 15.3. The second-order valence-electron chi connectivity index (χ2n) is 11.1. The van der Waals surface area contributed by atoms with Crippen LogP contribution in [0.25, 0.3) is 0 Å². The van der Waals surface area contributed by atoms with E-state index in [-0.39, 0.29) is 5.76 Å². The standard InChI is InChI=1S/C36H39N5O/c1-7-25-21(5)29-16-24-17-34(40-41(24)20-23-14-12-11-13-15-23)36(42)35-22(6)26(8-2)31(39-35)19-33-28(10-4)27(9-3)32(38-33)18-30(25)37-29/h11-19,40,42H,7-10,20H2,1-6H3. The molecular weight excluding hydrogens is 518 g/mol. The van der Waals surface area contributed by atoms with Gasteiger partial charge in [-0.2, -0.15) is 0 Å². The summed E-state index contributed by atoms with van der Waals surface area (Å²) in [7, 11) is 0. The lowest BCUT2D eigenvalue weighted by Crippen LogP contribution is -2.31. The van der Waals surface area contributed by atoms with E-state index in [4.69, 9.17) is 15.0 Å². The topological polar surface area (TPSA) is 72.6 Å². The largest absolute Gasteiger partial charge is 0.504 e. The predicted molar refractivity (Wildman–Crippen MR) is 173 cm³/mol. The fourth-order valence-corrected chi connectivity index (χ4v) is 6.47. The number of aliphatic imine (C=N–C) groups is 3. The molecule has 5 aliphatic heterocycles. The summed E-state index contributed by atoms with van der Waals surface area (Å²) in [5.74, 6) is 0.145. The van der Waals surface area contributed by atoms with Gasteiger partial charge in [0, 0.05) is 0 Å². The Balaban J connectivity index is 1.59. The number of rotatable bonds is 6. The summed E-state index contributed by atoms with van der Waals surface area (Å²) in [6.45, 7) is 13.6. The van der Waals surface area contributed by atoms with E-state index in [9.17, 15) is 5.11 Å². The van der Waals surface area contributed by atoms with E-state index in [2.05, 4.69) is 82.3 Å². The third-order valence-electron chi connectivity index (χ3n) is 8.73. The molecule has 0 unspecified atom stereocenters. The first-order valence-electron chi connectivity index (χ1n) is 15.1. The minimum Gasteiger partial charge on any atom is -0.504 e. The maximum absolute atomic E-state index is 11.7. The van der Waals surface area contributed by atoms with E-state index in [1.165, 1.54) is 22.3 Å². The number of hydrogen-bond acceptors (Lipinski definition) is 6. The molecule has 0 radical (unpaired) electrons. The quantitative estimate of drug-likeness (QED) is 0.370. The Morgan fingerprint density at radius 1 is 0.667 bits per heavy atom. The third kappa shape index (κ3) is 4.65. The molecule has 5 aliphatic rings. The highest BCUT2D eigenvalue weighted by atomic mass is 16.3. The first kappa shape index (κ1) is 27.7. The molecule has 2 N–H and O–H groups in total. The highest BCUT2D eigenvalue weighted by molar-refractivity contribution is 6.18. The van der Waals surface area contributed by atoms with Crippen LogP contribution in [0.15, 0.2) is 137 Å². The van der Waals surface area contributed by atoms with Gasteiger partial charge in [0.2, 0.25) is 0 Å². The highest BCUT2D eigenvalue weighted by Gasteiger charge is 2.30. The fraction of sp³-hybridized carbons (Fsp3) is 0.306. The number of allylic oxidation sites excluding steroid dienone is 10. The zero-order chi connectivity index (χ0) is 29.5. The lowest BCUT2D eigenvalue weighted by atomic mass is 9.96. The lowest BCUT2D eigenvalue weighted by Gasteiger charge is -2.22. The Bertz CT molecular complexity index is 1710. The molecule has 0 aliphatic carbocycles. The minimum atomic E-state index is 0.145. The van der Waals surface area contributed by atoms with Gasteiger partial charge in [0.05, 0.1) is 40.8 Å². The number of hydrogen-bond donors (Lipinski definition) is 2. The van der Waals surface area contributed by atoms with Crippen molar-refractivity contribution in [1.82, 2.24) is 10.4 Å². The molecule has 1 aromatic carbocycles. The van der Waals surface area contributed by atoms with Crippen molar-refractivity contribution in [2.75, 3.05) is 0 Å². The van der Waals surface area contributed by atoms with Crippen LogP contribution >= 0.6 is 0 Å². The fourth-order valence-electron chi connectivity index (χ4n) is 6.47. The van der Waals surface area contributed by atoms with Crippen LogP contribution in [0.1, 0.15) is 72.8 Å². The Morgan fingerprint density at radius 3 is 1.95 bits per heavy atom. The molecule has 6 nitrogen and oxygen atoms in total. The summed E-state index contributed by atoms with van der Waals surface area (Å²) in [6, 6.07) is 10.3. The molecule has 6 rings (SSSR count). The second-order valence-corrected chi connectivity index (χ2v) is 11.1. The van der Waals surface area contributed by atoms with Crippen LogP contribution in [0.2, 0.25) is 0 Å². The van der Waals surface area contributed by atoms with Crippen molar-refractivity contribution in [3.63, 3.8) is 0 Å². The Kier molecular flexibility index (Phi) is 7.31. The van der Waals surface area contributed by atoms with Gasteiger partial charge in [-0.15, -0.1) is 0 Å². The first-order chi connectivity index (χ1) is 20.4. The van der Waals surface area contributed by atoms with Crippen LogP contribution in [0.4, 0.5) is 0 Å². The summed E-state index contributed by atoms with van der Waals surface area (Å²) >= 11 is 0. The van der Waals surface area contributed by atoms with Gasteiger partial charge in [0.15, 0.2) is 5.76 Å². The number of aliphatic hydroxyl groups is 1. The average Bonchev–Trinajstić information content (AvgIpc) is 3.71. The average molecular weight is 558 g/mol. The van der Waals surface area contributed by atoms with Crippen LogP contribution < -0.4 is 5.43 Å². The molecule has 6 heteroatoms. The Labute approximate surface area is 249 Å². The van der Waals surface area contributed by atoms with Gasteiger partial charge in [0.1, 0.15) is 11.4 Å². The number of benzene rings is 1. The van der Waals surface area contributed by atoms with Gasteiger partial charge < -0.3 is 5.11 Å². The molecule has 1 aromatic rings. The molecule has 0 saturated heterocycles. The van der Waals surface area contributed by atoms with E-state index in [1.807, 2.05) is 24.3 Å². The summed E-state index contributed by atoms with van der Waals surface area (Å²) in [6.07, 6.45) is 11.9. The van der Waals surface area contributed by atoms with Gasteiger partial charge >= 0.3 is 0 Å². The molecule has 0 amide bonds. The number of nitrogens with zero attached hydrogens (tertiary/aromatic N) is 4. The van der Waals surface area contributed by atoms with Gasteiger partial charge in [-0.25, -0.2) is 15.0 Å². The van der Waals surface area contributed by atoms with Crippen LogP contribution in [0.5, 0.6) is 0 Å². The van der Waals surface area contributed by atoms with E-state index in [1.54, 1.807) is 0 Å². The highest BCUT2D eigenvalue weighted by Crippen LogP contribution is 2.38. The van der Waals surface area contributed by atoms with Gasteiger partial charge in [0.25, 0.3) is 0 Å². The maximum Gasteiger partial charge on any atom is 0.166 e. The number of nitrogens with one attached hydrogen (secondary N) is 1. The Morgan fingerprint density at radius 2 is 1.29 bits per heavy atom. The van der Waals surface area contributed by atoms with Crippen molar-refractivity contribution in [2.24, 2.45) is 15.0 Å². The first-order valence-corrected chi connectivity index (χ1v) is 15.1. The zero-order valence-corrected chi connectivity index (χ0v) is 25.5. The molecular formula is C36H39N5O. The molecule has 42 heavy (non-hydrogen) atoms. The van der Waals surface area contributed by atoms with Crippen molar-refractivity contribution < 1.29 is 5.11 Å². The third-order valence-corrected chi connectivity index (χ3v) is 8.73. The Hall–Kier alpha value is -4.45. The van der Waals surface area contributed by atoms with Crippen molar-refractivity contribution >= 4 is 17.1 Å². The van der Waals surface area contributed by atoms with Crippen LogP contribution in [-0.2, 0) is 6.54 Å². The molecule has 0 saturated carbocycles. The van der Waals surface area contributed by atoms with E-state index in [0.29, 0.717) is 18.0 Å². The number of fused-ring (bicyclic) bond motifs is 4. The van der Waals surface area contributed by atoms with E-state index >= 15 is 0 Å². The van der Waals surface area contributed by atoms with Crippen LogP contribution in [0, 0.1) is 0 Å². The second kappa shape index (κ2) is 11.1. The normalized spacial score (nSPS) is 20.0. The molecule has 8 bridgehead atoms. The lowest BCUT2D eigenvalue weighted by molar-refractivity contribution is 0.291. The monoisotopic (exact) mass is 557 g/mol. The number of hydrazine groups is 1. The summed E-state index contributed by atoms with van der Waals surface area (Å²) in [5.41, 5.74) is 18.6.